The van der Waals surface area contributed by atoms with Gasteiger partial charge in [0.15, 0.2) is 0 Å². The fraction of sp³-hybridized carbons (Fsp3) is 0.471. The standard InChI is InChI=1S/C17H22N2S2/c18-14(11-20-15-8-4-5-9-15)10-17-19-16(12-21-17)13-6-2-1-3-7-13/h1-3,6-7,12,14-15H,4-5,8-11,18H2. The van der Waals surface area contributed by atoms with Crippen LogP contribution in [0.1, 0.15) is 30.7 Å². The molecule has 4 heteroatoms. The highest BCUT2D eigenvalue weighted by Gasteiger charge is 2.17. The zero-order valence-electron chi connectivity index (χ0n) is 12.2. The maximum atomic E-state index is 6.28. The number of rotatable bonds is 6. The molecule has 0 bridgehead atoms. The van der Waals surface area contributed by atoms with E-state index < -0.39 is 0 Å². The van der Waals surface area contributed by atoms with E-state index in [0.29, 0.717) is 0 Å². The van der Waals surface area contributed by atoms with Crippen LogP contribution in [-0.2, 0) is 6.42 Å². The van der Waals surface area contributed by atoms with E-state index >= 15 is 0 Å². The molecule has 1 aromatic carbocycles. The van der Waals surface area contributed by atoms with Crippen molar-refractivity contribution in [1.29, 1.82) is 0 Å². The zero-order valence-corrected chi connectivity index (χ0v) is 13.8. The summed E-state index contributed by atoms with van der Waals surface area (Å²) in [5.74, 6) is 1.06. The lowest BCUT2D eigenvalue weighted by molar-refractivity contribution is 0.741. The Morgan fingerprint density at radius 1 is 1.24 bits per heavy atom. The molecular weight excluding hydrogens is 296 g/mol. The summed E-state index contributed by atoms with van der Waals surface area (Å²) in [5.41, 5.74) is 8.54. The van der Waals surface area contributed by atoms with Gasteiger partial charge in [-0.15, -0.1) is 11.3 Å². The molecule has 1 unspecified atom stereocenters. The Balaban J connectivity index is 1.52. The summed E-state index contributed by atoms with van der Waals surface area (Å²) < 4.78 is 0. The Bertz CT molecular complexity index is 547. The van der Waals surface area contributed by atoms with E-state index in [-0.39, 0.29) is 6.04 Å². The lowest BCUT2D eigenvalue weighted by Crippen LogP contribution is -2.26. The van der Waals surface area contributed by atoms with E-state index in [9.17, 15) is 0 Å². The van der Waals surface area contributed by atoms with Crippen LogP contribution >= 0.6 is 23.1 Å². The largest absolute Gasteiger partial charge is 0.327 e. The number of aromatic nitrogens is 1. The summed E-state index contributed by atoms with van der Waals surface area (Å²) in [6, 6.07) is 10.6. The van der Waals surface area contributed by atoms with Gasteiger partial charge in [-0.3, -0.25) is 0 Å². The van der Waals surface area contributed by atoms with Crippen molar-refractivity contribution in [3.8, 4) is 11.3 Å². The Morgan fingerprint density at radius 3 is 2.76 bits per heavy atom. The van der Waals surface area contributed by atoms with Gasteiger partial charge in [-0.05, 0) is 12.8 Å². The van der Waals surface area contributed by atoms with Crippen molar-refractivity contribution in [2.24, 2.45) is 5.73 Å². The average Bonchev–Trinajstić information content (AvgIpc) is 3.17. The Morgan fingerprint density at radius 2 is 2.00 bits per heavy atom. The Kier molecular flexibility index (Phi) is 5.33. The molecule has 1 atom stereocenters. The highest BCUT2D eigenvalue weighted by Crippen LogP contribution is 2.30. The molecule has 1 fully saturated rings. The van der Waals surface area contributed by atoms with Gasteiger partial charge in [-0.2, -0.15) is 11.8 Å². The van der Waals surface area contributed by atoms with Gasteiger partial charge in [0.2, 0.25) is 0 Å². The van der Waals surface area contributed by atoms with Gasteiger partial charge in [0.1, 0.15) is 0 Å². The molecule has 1 aliphatic carbocycles. The second-order valence-corrected chi connectivity index (χ2v) is 7.97. The van der Waals surface area contributed by atoms with Crippen molar-refractivity contribution in [2.45, 2.75) is 43.4 Å². The third-order valence-electron chi connectivity index (χ3n) is 3.91. The van der Waals surface area contributed by atoms with Gasteiger partial charge in [0, 0.05) is 34.4 Å². The van der Waals surface area contributed by atoms with Crippen LogP contribution in [0.4, 0.5) is 0 Å². The second kappa shape index (κ2) is 7.43. The summed E-state index contributed by atoms with van der Waals surface area (Å²) in [7, 11) is 0. The summed E-state index contributed by atoms with van der Waals surface area (Å²) in [5, 5.41) is 4.15. The van der Waals surface area contributed by atoms with Crippen molar-refractivity contribution in [3.63, 3.8) is 0 Å². The molecule has 2 aromatic rings. The molecule has 1 heterocycles. The van der Waals surface area contributed by atoms with E-state index in [1.165, 1.54) is 31.2 Å². The first-order valence-electron chi connectivity index (χ1n) is 7.68. The van der Waals surface area contributed by atoms with Crippen LogP contribution in [0, 0.1) is 0 Å². The highest BCUT2D eigenvalue weighted by atomic mass is 32.2. The second-order valence-electron chi connectivity index (χ2n) is 5.70. The molecule has 0 radical (unpaired) electrons. The maximum absolute atomic E-state index is 6.28. The molecule has 21 heavy (non-hydrogen) atoms. The van der Waals surface area contributed by atoms with Gasteiger partial charge in [0.05, 0.1) is 10.7 Å². The normalized spacial score (nSPS) is 17.2. The molecule has 1 saturated carbocycles. The molecular formula is C17H22N2S2. The first kappa shape index (κ1) is 15.1. The fourth-order valence-electron chi connectivity index (χ4n) is 2.74. The molecule has 1 aromatic heterocycles. The number of thioether (sulfide) groups is 1. The molecule has 2 N–H and O–H groups in total. The van der Waals surface area contributed by atoms with Crippen LogP contribution in [0.3, 0.4) is 0 Å². The first-order valence-corrected chi connectivity index (χ1v) is 9.61. The number of hydrogen-bond donors (Lipinski definition) is 1. The van der Waals surface area contributed by atoms with E-state index in [1.807, 2.05) is 6.07 Å². The number of nitrogens with two attached hydrogens (primary N) is 1. The average molecular weight is 319 g/mol. The minimum atomic E-state index is 0.227. The topological polar surface area (TPSA) is 38.9 Å². The van der Waals surface area contributed by atoms with Crippen LogP contribution in [0.25, 0.3) is 11.3 Å². The minimum absolute atomic E-state index is 0.227. The van der Waals surface area contributed by atoms with Crippen molar-refractivity contribution >= 4 is 23.1 Å². The molecule has 2 nitrogen and oxygen atoms in total. The third-order valence-corrected chi connectivity index (χ3v) is 6.34. The predicted molar refractivity (Wildman–Crippen MR) is 93.9 cm³/mol. The van der Waals surface area contributed by atoms with E-state index in [4.69, 9.17) is 10.7 Å². The minimum Gasteiger partial charge on any atom is -0.327 e. The van der Waals surface area contributed by atoms with Gasteiger partial charge in [0.25, 0.3) is 0 Å². The molecule has 1 aliphatic rings. The smallest absolute Gasteiger partial charge is 0.0948 e. The molecule has 0 aliphatic heterocycles. The molecule has 0 spiro atoms. The Hall–Kier alpha value is -0.840. The van der Waals surface area contributed by atoms with Crippen molar-refractivity contribution in [2.75, 3.05) is 5.75 Å². The predicted octanol–water partition coefficient (Wildman–Crippen LogP) is 4.36. The summed E-state index contributed by atoms with van der Waals surface area (Å²) in [4.78, 5) is 4.73. The van der Waals surface area contributed by atoms with Gasteiger partial charge in [-0.25, -0.2) is 4.98 Å². The SMILES string of the molecule is NC(CSC1CCCC1)Cc1nc(-c2ccccc2)cs1. The Labute approximate surface area is 135 Å². The summed E-state index contributed by atoms with van der Waals surface area (Å²) in [6.45, 7) is 0. The van der Waals surface area contributed by atoms with Crippen LogP contribution in [-0.4, -0.2) is 22.0 Å². The lowest BCUT2D eigenvalue weighted by atomic mass is 10.2. The summed E-state index contributed by atoms with van der Waals surface area (Å²) in [6.07, 6.45) is 6.47. The lowest BCUT2D eigenvalue weighted by Gasteiger charge is -2.13. The van der Waals surface area contributed by atoms with Crippen LogP contribution in [0.15, 0.2) is 35.7 Å². The highest BCUT2D eigenvalue weighted by molar-refractivity contribution is 7.99. The van der Waals surface area contributed by atoms with Gasteiger partial charge >= 0.3 is 0 Å². The number of hydrogen-bond acceptors (Lipinski definition) is 4. The van der Waals surface area contributed by atoms with Gasteiger partial charge in [-0.1, -0.05) is 43.2 Å². The molecule has 3 rings (SSSR count). The molecule has 0 amide bonds. The maximum Gasteiger partial charge on any atom is 0.0948 e. The van der Waals surface area contributed by atoms with Crippen LogP contribution in [0.2, 0.25) is 0 Å². The number of benzene rings is 1. The summed E-state index contributed by atoms with van der Waals surface area (Å²) >= 11 is 3.80. The molecule has 112 valence electrons. The van der Waals surface area contributed by atoms with Crippen molar-refractivity contribution < 1.29 is 0 Å². The first-order chi connectivity index (χ1) is 10.3. The van der Waals surface area contributed by atoms with Crippen LogP contribution in [0.5, 0.6) is 0 Å². The monoisotopic (exact) mass is 318 g/mol. The zero-order chi connectivity index (χ0) is 14.5. The number of thiazole rings is 1. The van der Waals surface area contributed by atoms with E-state index in [0.717, 1.165) is 28.1 Å². The fourth-order valence-corrected chi connectivity index (χ4v) is 4.95. The van der Waals surface area contributed by atoms with E-state index in [2.05, 4.69) is 41.4 Å². The number of nitrogens with zero attached hydrogens (tertiary/aromatic N) is 1. The third kappa shape index (κ3) is 4.31. The molecule has 0 saturated heterocycles. The van der Waals surface area contributed by atoms with Gasteiger partial charge < -0.3 is 5.73 Å². The van der Waals surface area contributed by atoms with E-state index in [1.54, 1.807) is 11.3 Å². The van der Waals surface area contributed by atoms with Crippen molar-refractivity contribution in [3.05, 3.63) is 40.7 Å². The quantitative estimate of drug-likeness (QED) is 0.860. The van der Waals surface area contributed by atoms with Crippen LogP contribution < -0.4 is 5.73 Å². The van der Waals surface area contributed by atoms with Crippen molar-refractivity contribution in [1.82, 2.24) is 4.98 Å².